The van der Waals surface area contributed by atoms with E-state index in [-0.39, 0.29) is 5.41 Å². The van der Waals surface area contributed by atoms with Crippen molar-refractivity contribution in [1.29, 1.82) is 0 Å². The quantitative estimate of drug-likeness (QED) is 0.793. The number of benzene rings is 1. The van der Waals surface area contributed by atoms with Crippen LogP contribution in [0.25, 0.3) is 0 Å². The molecule has 2 N–H and O–H groups in total. The minimum absolute atomic E-state index is 0.283. The van der Waals surface area contributed by atoms with Gasteiger partial charge in [-0.15, -0.1) is 11.8 Å². The highest BCUT2D eigenvalue weighted by atomic mass is 32.2. The number of nitrogens with two attached hydrogens (primary N) is 1. The van der Waals surface area contributed by atoms with Crippen molar-refractivity contribution in [3.8, 4) is 0 Å². The van der Waals surface area contributed by atoms with Crippen molar-refractivity contribution >= 4 is 11.8 Å². The summed E-state index contributed by atoms with van der Waals surface area (Å²) in [5.74, 6) is 0. The molecule has 0 atom stereocenters. The minimum atomic E-state index is 0.283. The third-order valence-corrected chi connectivity index (χ3v) is 4.36. The monoisotopic (exact) mass is 221 g/mol. The smallest absolute Gasteiger partial charge is 0.00759 e. The topological polar surface area (TPSA) is 26.0 Å². The van der Waals surface area contributed by atoms with Gasteiger partial charge in [0.1, 0.15) is 0 Å². The van der Waals surface area contributed by atoms with Crippen molar-refractivity contribution in [3.63, 3.8) is 0 Å². The average molecular weight is 221 g/mol. The maximum atomic E-state index is 5.99. The molecule has 0 bridgehead atoms. The first kappa shape index (κ1) is 11.0. The van der Waals surface area contributed by atoms with E-state index < -0.39 is 0 Å². The molecule has 0 aliphatic heterocycles. The standard InChI is InChI=1S/C13H19NS/c1-15-12-6-4-5-11(9-12)13(10-14)7-2-3-8-13/h4-6,9H,2-3,7-8,10,14H2,1H3. The second kappa shape index (κ2) is 4.58. The molecule has 0 spiro atoms. The zero-order valence-corrected chi connectivity index (χ0v) is 10.1. The first-order valence-electron chi connectivity index (χ1n) is 5.65. The summed E-state index contributed by atoms with van der Waals surface area (Å²) < 4.78 is 0. The van der Waals surface area contributed by atoms with E-state index in [0.717, 1.165) is 6.54 Å². The fraction of sp³-hybridized carbons (Fsp3) is 0.538. The summed E-state index contributed by atoms with van der Waals surface area (Å²) in [6.07, 6.45) is 7.33. The second-order valence-electron chi connectivity index (χ2n) is 4.42. The van der Waals surface area contributed by atoms with Crippen LogP contribution < -0.4 is 5.73 Å². The summed E-state index contributed by atoms with van der Waals surface area (Å²) in [6, 6.07) is 8.91. The van der Waals surface area contributed by atoms with Crippen LogP contribution in [-0.2, 0) is 5.41 Å². The van der Waals surface area contributed by atoms with Crippen LogP contribution in [0.1, 0.15) is 31.2 Å². The summed E-state index contributed by atoms with van der Waals surface area (Å²) in [5, 5.41) is 0. The van der Waals surface area contributed by atoms with Crippen molar-refractivity contribution in [2.45, 2.75) is 36.0 Å². The van der Waals surface area contributed by atoms with Crippen molar-refractivity contribution < 1.29 is 0 Å². The lowest BCUT2D eigenvalue weighted by atomic mass is 9.79. The largest absolute Gasteiger partial charge is 0.330 e. The Kier molecular flexibility index (Phi) is 3.37. The van der Waals surface area contributed by atoms with Gasteiger partial charge in [0.25, 0.3) is 0 Å². The van der Waals surface area contributed by atoms with Crippen LogP contribution >= 0.6 is 11.8 Å². The van der Waals surface area contributed by atoms with E-state index >= 15 is 0 Å². The van der Waals surface area contributed by atoms with Gasteiger partial charge in [0.2, 0.25) is 0 Å². The average Bonchev–Trinajstić information content (AvgIpc) is 2.79. The van der Waals surface area contributed by atoms with Crippen molar-refractivity contribution in [2.24, 2.45) is 5.73 Å². The van der Waals surface area contributed by atoms with Gasteiger partial charge in [-0.1, -0.05) is 25.0 Å². The van der Waals surface area contributed by atoms with E-state index in [4.69, 9.17) is 5.73 Å². The summed E-state index contributed by atoms with van der Waals surface area (Å²) in [4.78, 5) is 1.35. The molecule has 0 aromatic heterocycles. The highest BCUT2D eigenvalue weighted by molar-refractivity contribution is 7.98. The fourth-order valence-corrected chi connectivity index (χ4v) is 3.07. The van der Waals surface area contributed by atoms with Crippen molar-refractivity contribution in [2.75, 3.05) is 12.8 Å². The first-order valence-corrected chi connectivity index (χ1v) is 6.88. The third-order valence-electron chi connectivity index (χ3n) is 3.63. The van der Waals surface area contributed by atoms with E-state index in [2.05, 4.69) is 30.5 Å². The molecule has 0 radical (unpaired) electrons. The molecule has 82 valence electrons. The van der Waals surface area contributed by atoms with Gasteiger partial charge in [0, 0.05) is 16.9 Å². The summed E-state index contributed by atoms with van der Waals surface area (Å²) in [7, 11) is 0. The molecule has 1 saturated carbocycles. The highest BCUT2D eigenvalue weighted by Crippen LogP contribution is 2.40. The molecule has 1 aliphatic rings. The summed E-state index contributed by atoms with van der Waals surface area (Å²) >= 11 is 1.81. The van der Waals surface area contributed by atoms with Gasteiger partial charge in [0.15, 0.2) is 0 Å². The minimum Gasteiger partial charge on any atom is -0.330 e. The van der Waals surface area contributed by atoms with Gasteiger partial charge < -0.3 is 5.73 Å². The Bertz CT molecular complexity index is 329. The van der Waals surface area contributed by atoms with E-state index in [1.54, 1.807) is 0 Å². The van der Waals surface area contributed by atoms with Gasteiger partial charge in [-0.2, -0.15) is 0 Å². The molecule has 0 saturated heterocycles. The van der Waals surface area contributed by atoms with Crippen molar-refractivity contribution in [3.05, 3.63) is 29.8 Å². The third kappa shape index (κ3) is 2.06. The Morgan fingerprint density at radius 2 is 2.07 bits per heavy atom. The van der Waals surface area contributed by atoms with E-state index in [0.29, 0.717) is 0 Å². The van der Waals surface area contributed by atoms with Crippen LogP contribution in [0.2, 0.25) is 0 Å². The van der Waals surface area contributed by atoms with E-state index in [1.165, 1.54) is 36.1 Å². The maximum Gasteiger partial charge on any atom is 0.00759 e. The van der Waals surface area contributed by atoms with E-state index in [1.807, 2.05) is 11.8 Å². The Hall–Kier alpha value is -0.470. The van der Waals surface area contributed by atoms with Gasteiger partial charge in [-0.3, -0.25) is 0 Å². The normalized spacial score (nSPS) is 19.3. The predicted molar refractivity (Wildman–Crippen MR) is 67.4 cm³/mol. The number of hydrogen-bond donors (Lipinski definition) is 1. The summed E-state index contributed by atoms with van der Waals surface area (Å²) in [5.41, 5.74) is 7.72. The second-order valence-corrected chi connectivity index (χ2v) is 5.30. The zero-order chi connectivity index (χ0) is 10.7. The van der Waals surface area contributed by atoms with Crippen LogP contribution in [0.15, 0.2) is 29.2 Å². The van der Waals surface area contributed by atoms with Gasteiger partial charge >= 0.3 is 0 Å². The zero-order valence-electron chi connectivity index (χ0n) is 9.33. The Labute approximate surface area is 96.4 Å². The number of thioether (sulfide) groups is 1. The molecule has 1 aliphatic carbocycles. The Morgan fingerprint density at radius 1 is 1.33 bits per heavy atom. The maximum absolute atomic E-state index is 5.99. The van der Waals surface area contributed by atoms with Crippen LogP contribution in [0, 0.1) is 0 Å². The lowest BCUT2D eigenvalue weighted by Gasteiger charge is -2.28. The highest BCUT2D eigenvalue weighted by Gasteiger charge is 2.34. The van der Waals surface area contributed by atoms with Crippen LogP contribution in [0.5, 0.6) is 0 Å². The number of rotatable bonds is 3. The SMILES string of the molecule is CSc1cccc(C2(CN)CCCC2)c1. The van der Waals surface area contributed by atoms with Crippen molar-refractivity contribution in [1.82, 2.24) is 0 Å². The lowest BCUT2D eigenvalue weighted by Crippen LogP contribution is -2.31. The van der Waals surface area contributed by atoms with E-state index in [9.17, 15) is 0 Å². The molecule has 1 fully saturated rings. The molecule has 0 amide bonds. The van der Waals surface area contributed by atoms with Crippen LogP contribution in [0.3, 0.4) is 0 Å². The van der Waals surface area contributed by atoms with Gasteiger partial charge in [0.05, 0.1) is 0 Å². The Morgan fingerprint density at radius 3 is 2.67 bits per heavy atom. The van der Waals surface area contributed by atoms with Gasteiger partial charge in [-0.05, 0) is 36.8 Å². The molecule has 0 unspecified atom stereocenters. The lowest BCUT2D eigenvalue weighted by molar-refractivity contribution is 0.452. The summed E-state index contributed by atoms with van der Waals surface area (Å²) in [6.45, 7) is 0.796. The molecule has 1 aromatic carbocycles. The fourth-order valence-electron chi connectivity index (χ4n) is 2.62. The Balaban J connectivity index is 2.33. The molecule has 1 aromatic rings. The number of hydrogen-bond acceptors (Lipinski definition) is 2. The van der Waals surface area contributed by atoms with Gasteiger partial charge in [-0.25, -0.2) is 0 Å². The molecule has 15 heavy (non-hydrogen) atoms. The molecule has 1 nitrogen and oxygen atoms in total. The van der Waals surface area contributed by atoms with Crippen LogP contribution in [-0.4, -0.2) is 12.8 Å². The molecular formula is C13H19NS. The molecular weight excluding hydrogens is 202 g/mol. The molecule has 0 heterocycles. The van der Waals surface area contributed by atoms with Crippen LogP contribution in [0.4, 0.5) is 0 Å². The predicted octanol–water partition coefficient (Wildman–Crippen LogP) is 3.18. The molecule has 2 heteroatoms. The molecule has 2 rings (SSSR count). The first-order chi connectivity index (χ1) is 7.30.